The smallest absolute Gasteiger partial charge is 0.345 e. The first-order valence-electron chi connectivity index (χ1n) is 6.93. The summed E-state index contributed by atoms with van der Waals surface area (Å²) in [4.78, 5) is 20.9. The van der Waals surface area contributed by atoms with E-state index in [2.05, 4.69) is 9.97 Å². The Morgan fingerprint density at radius 2 is 2.05 bits per heavy atom. The van der Waals surface area contributed by atoms with Gasteiger partial charge in [-0.1, -0.05) is 25.4 Å². The Balaban J connectivity index is 2.06. The second kappa shape index (κ2) is 5.05. The van der Waals surface area contributed by atoms with Crippen molar-refractivity contribution < 1.29 is 14.3 Å². The molecule has 1 saturated heterocycles. The highest BCUT2D eigenvalue weighted by atomic mass is 35.5. The number of alkyl halides is 1. The number of carboxylic acid groups (broad SMARTS) is 1. The van der Waals surface area contributed by atoms with Gasteiger partial charge in [-0.2, -0.15) is 0 Å². The van der Waals surface area contributed by atoms with Crippen molar-refractivity contribution in [2.24, 2.45) is 0 Å². The number of nitrogens with zero attached hydrogens (tertiary/aromatic N) is 3. The molecule has 0 saturated carbocycles. The van der Waals surface area contributed by atoms with E-state index >= 15 is 0 Å². The largest absolute Gasteiger partial charge is 0.479 e. The third kappa shape index (κ3) is 2.27. The van der Waals surface area contributed by atoms with Gasteiger partial charge in [0.1, 0.15) is 11.0 Å². The van der Waals surface area contributed by atoms with Crippen LogP contribution in [-0.2, 0) is 4.79 Å². The van der Waals surface area contributed by atoms with Crippen molar-refractivity contribution >= 4 is 34.2 Å². The summed E-state index contributed by atoms with van der Waals surface area (Å²) >= 11 is 5.98. The molecule has 0 amide bonds. The van der Waals surface area contributed by atoms with E-state index in [1.54, 1.807) is 23.4 Å². The molecule has 0 unspecified atom stereocenters. The van der Waals surface area contributed by atoms with Crippen LogP contribution < -0.4 is 4.90 Å². The maximum atomic E-state index is 13.9. The van der Waals surface area contributed by atoms with Gasteiger partial charge in [0.25, 0.3) is 0 Å². The molecule has 5 nitrogen and oxygen atoms in total. The van der Waals surface area contributed by atoms with Crippen LogP contribution in [0.1, 0.15) is 25.3 Å². The van der Waals surface area contributed by atoms with Gasteiger partial charge in [0.15, 0.2) is 0 Å². The predicted octanol–water partition coefficient (Wildman–Crippen LogP) is 3.02. The molecule has 116 valence electrons. The maximum Gasteiger partial charge on any atom is 0.345 e. The summed E-state index contributed by atoms with van der Waals surface area (Å²) in [5, 5.41) is 10.9. The van der Waals surface area contributed by atoms with E-state index in [9.17, 15) is 9.18 Å². The number of pyridine rings is 2. The first-order chi connectivity index (χ1) is 10.3. The number of aromatic nitrogens is 2. The van der Waals surface area contributed by atoms with E-state index in [1.807, 2.05) is 13.8 Å². The molecule has 1 aliphatic rings. The van der Waals surface area contributed by atoms with Crippen molar-refractivity contribution in [2.75, 3.05) is 18.0 Å². The molecule has 1 N–H and O–H groups in total. The van der Waals surface area contributed by atoms with Crippen molar-refractivity contribution in [3.8, 4) is 0 Å². The first-order valence-corrected chi connectivity index (χ1v) is 7.31. The lowest BCUT2D eigenvalue weighted by Crippen LogP contribution is -2.63. The van der Waals surface area contributed by atoms with Crippen LogP contribution >= 0.6 is 11.6 Å². The molecule has 1 aliphatic heterocycles. The van der Waals surface area contributed by atoms with E-state index < -0.39 is 11.6 Å². The first kappa shape index (κ1) is 15.0. The summed E-state index contributed by atoms with van der Waals surface area (Å²) in [6.45, 7) is 3.67. The number of fused-ring (bicyclic) bond motifs is 1. The third-order valence-electron chi connectivity index (χ3n) is 3.94. The average Bonchev–Trinajstić information content (AvgIpc) is 2.42. The second-order valence-corrected chi connectivity index (χ2v) is 6.26. The van der Waals surface area contributed by atoms with Crippen LogP contribution in [0.15, 0.2) is 18.5 Å². The Labute approximate surface area is 131 Å². The monoisotopic (exact) mass is 323 g/mol. The SMILES string of the molecule is CC(C)c1cnc(N2CC(F)(C(=O)O)C2)c2cnc(Cl)cc12. The quantitative estimate of drug-likeness (QED) is 0.879. The van der Waals surface area contributed by atoms with E-state index in [1.165, 1.54) is 0 Å². The minimum absolute atomic E-state index is 0.214. The molecule has 0 bridgehead atoms. The van der Waals surface area contributed by atoms with Crippen molar-refractivity contribution in [3.63, 3.8) is 0 Å². The zero-order valence-electron chi connectivity index (χ0n) is 12.2. The normalized spacial score (nSPS) is 16.9. The van der Waals surface area contributed by atoms with Gasteiger partial charge in [-0.3, -0.25) is 0 Å². The molecule has 0 spiro atoms. The molecule has 22 heavy (non-hydrogen) atoms. The van der Waals surface area contributed by atoms with Crippen molar-refractivity contribution in [3.05, 3.63) is 29.2 Å². The fourth-order valence-corrected chi connectivity index (χ4v) is 2.83. The van der Waals surface area contributed by atoms with E-state index in [-0.39, 0.29) is 19.0 Å². The van der Waals surface area contributed by atoms with Crippen LogP contribution in [0.4, 0.5) is 10.2 Å². The number of hydrogen-bond acceptors (Lipinski definition) is 4. The molecule has 0 radical (unpaired) electrons. The molecular weight excluding hydrogens is 309 g/mol. The molecule has 2 aromatic heterocycles. The molecular formula is C15H15ClFN3O2. The average molecular weight is 324 g/mol. The van der Waals surface area contributed by atoms with E-state index in [0.29, 0.717) is 11.0 Å². The van der Waals surface area contributed by atoms with Crippen LogP contribution in [-0.4, -0.2) is 39.8 Å². The molecule has 0 aromatic carbocycles. The standard InChI is InChI=1S/C15H15ClFN3O2/c1-8(2)10-4-19-13(11-5-18-12(16)3-9(10)11)20-6-15(17,7-20)14(21)22/h3-5,8H,6-7H2,1-2H3,(H,21,22). The molecule has 0 atom stereocenters. The Morgan fingerprint density at radius 1 is 1.36 bits per heavy atom. The fraction of sp³-hybridized carbons (Fsp3) is 0.400. The Morgan fingerprint density at radius 3 is 2.64 bits per heavy atom. The molecule has 7 heteroatoms. The van der Waals surface area contributed by atoms with Crippen molar-refractivity contribution in [1.82, 2.24) is 9.97 Å². The minimum atomic E-state index is -2.20. The molecule has 3 heterocycles. The molecule has 0 aliphatic carbocycles. The lowest BCUT2D eigenvalue weighted by Gasteiger charge is -2.42. The van der Waals surface area contributed by atoms with Gasteiger partial charge >= 0.3 is 5.97 Å². The molecule has 2 aromatic rings. The number of anilines is 1. The van der Waals surface area contributed by atoms with E-state index in [0.717, 1.165) is 16.3 Å². The number of halogens is 2. The summed E-state index contributed by atoms with van der Waals surface area (Å²) < 4.78 is 13.9. The topological polar surface area (TPSA) is 66.3 Å². The van der Waals surface area contributed by atoms with E-state index in [4.69, 9.17) is 16.7 Å². The Kier molecular flexibility index (Phi) is 3.44. The van der Waals surface area contributed by atoms with Crippen LogP contribution in [0, 0.1) is 0 Å². The van der Waals surface area contributed by atoms with Crippen LogP contribution in [0.25, 0.3) is 10.8 Å². The van der Waals surface area contributed by atoms with Gasteiger partial charge < -0.3 is 10.0 Å². The fourth-order valence-electron chi connectivity index (χ4n) is 2.67. The van der Waals surface area contributed by atoms with Gasteiger partial charge in [-0.15, -0.1) is 0 Å². The summed E-state index contributed by atoms with van der Waals surface area (Å²) in [6, 6.07) is 1.76. The number of carboxylic acids is 1. The zero-order chi connectivity index (χ0) is 16.1. The summed E-state index contributed by atoms with van der Waals surface area (Å²) in [7, 11) is 0. The van der Waals surface area contributed by atoms with Gasteiger partial charge in [0.05, 0.1) is 13.1 Å². The highest BCUT2D eigenvalue weighted by Crippen LogP contribution is 2.36. The molecule has 3 rings (SSSR count). The lowest BCUT2D eigenvalue weighted by atomic mass is 9.94. The maximum absolute atomic E-state index is 13.9. The van der Waals surface area contributed by atoms with Gasteiger partial charge in [0, 0.05) is 17.8 Å². The van der Waals surface area contributed by atoms with Crippen LogP contribution in [0.3, 0.4) is 0 Å². The van der Waals surface area contributed by atoms with Crippen molar-refractivity contribution in [1.29, 1.82) is 0 Å². The third-order valence-corrected chi connectivity index (χ3v) is 4.14. The van der Waals surface area contributed by atoms with Crippen molar-refractivity contribution in [2.45, 2.75) is 25.4 Å². The number of aliphatic carboxylic acids is 1. The highest BCUT2D eigenvalue weighted by molar-refractivity contribution is 6.30. The number of hydrogen-bond donors (Lipinski definition) is 1. The number of rotatable bonds is 3. The summed E-state index contributed by atoms with van der Waals surface area (Å²) in [5.74, 6) is -0.649. The summed E-state index contributed by atoms with van der Waals surface area (Å²) in [6.07, 6.45) is 3.34. The zero-order valence-corrected chi connectivity index (χ0v) is 12.9. The van der Waals surface area contributed by atoms with Gasteiger partial charge in [-0.25, -0.2) is 19.2 Å². The predicted molar refractivity (Wildman–Crippen MR) is 82.3 cm³/mol. The minimum Gasteiger partial charge on any atom is -0.479 e. The summed E-state index contributed by atoms with van der Waals surface area (Å²) in [5.41, 5.74) is -1.18. The van der Waals surface area contributed by atoms with Crippen LogP contribution in [0.2, 0.25) is 5.15 Å². The Hall–Kier alpha value is -1.95. The lowest BCUT2D eigenvalue weighted by molar-refractivity contribution is -0.152. The second-order valence-electron chi connectivity index (χ2n) is 5.87. The van der Waals surface area contributed by atoms with Crippen LogP contribution in [0.5, 0.6) is 0 Å². The Bertz CT molecular complexity index is 760. The number of carbonyl (C=O) groups is 1. The molecule has 1 fully saturated rings. The van der Waals surface area contributed by atoms with Gasteiger partial charge in [0.2, 0.25) is 5.67 Å². The highest BCUT2D eigenvalue weighted by Gasteiger charge is 2.51. The van der Waals surface area contributed by atoms with Gasteiger partial charge in [-0.05, 0) is 22.9 Å².